The van der Waals surface area contributed by atoms with Crippen molar-refractivity contribution in [3.8, 4) is 0 Å². The Morgan fingerprint density at radius 2 is 0.778 bits per heavy atom. The van der Waals surface area contributed by atoms with Gasteiger partial charge < -0.3 is 47.4 Å². The number of alkyl halides is 1. The van der Waals surface area contributed by atoms with Crippen molar-refractivity contribution in [3.63, 3.8) is 0 Å². The minimum Gasteiger partial charge on any atom is -0.374 e. The molecule has 0 bridgehead atoms. The van der Waals surface area contributed by atoms with E-state index in [1.807, 2.05) is 188 Å². The summed E-state index contributed by atoms with van der Waals surface area (Å²) in [6.07, 6.45) is -9.21. The summed E-state index contributed by atoms with van der Waals surface area (Å²) in [6, 6.07) is 68.5. The fourth-order valence-corrected chi connectivity index (χ4v) is 8.92. The molecule has 2 unspecified atom stereocenters. The van der Waals surface area contributed by atoms with E-state index in [1.165, 1.54) is 0 Å². The molecule has 7 aromatic carbocycles. The molecule has 7 aromatic rings. The highest BCUT2D eigenvalue weighted by Crippen LogP contribution is 2.36. The van der Waals surface area contributed by atoms with Gasteiger partial charge in [-0.15, -0.1) is 0 Å². The van der Waals surface area contributed by atoms with Crippen LogP contribution in [0.1, 0.15) is 45.3 Å². The summed E-state index contributed by atoms with van der Waals surface area (Å²) >= 11 is 0. The molecule has 0 radical (unpaired) electrons. The lowest BCUT2D eigenvalue weighted by atomic mass is 9.96. The van der Waals surface area contributed by atoms with Gasteiger partial charge in [-0.05, 0) is 33.4 Å². The van der Waals surface area contributed by atoms with Gasteiger partial charge >= 0.3 is 0 Å². The average molecular weight is 975 g/mol. The van der Waals surface area contributed by atoms with E-state index >= 15 is 4.39 Å². The zero-order chi connectivity index (χ0) is 49.0. The Hall–Kier alpha value is -5.93. The lowest BCUT2D eigenvalue weighted by Gasteiger charge is -2.49. The number of rotatable bonds is 25. The molecule has 2 heterocycles. The summed E-state index contributed by atoms with van der Waals surface area (Å²) in [6.45, 7) is 1.62. The first-order valence-electron chi connectivity index (χ1n) is 24.8. The summed E-state index contributed by atoms with van der Waals surface area (Å²) in [5, 5.41) is 0. The number of ether oxygens (including phenoxy) is 10. The monoisotopic (exact) mass is 974 g/mol. The van der Waals surface area contributed by atoms with Gasteiger partial charge in [0.1, 0.15) is 48.8 Å². The SMILES string of the molecule is FC(OC[C@H]1OC[C@H](OCc2ccccc2)[C@@H](OCc2ccccc2)[C@@H]1OC1O[C@H](COCc2ccccc2)[C@@H](OCc2ccccc2)[C@H](OCc2ccccc2)[C@H]1OCc1ccccc1)c1ccccc1. The van der Waals surface area contributed by atoms with Crippen LogP contribution in [0.5, 0.6) is 0 Å². The molecule has 0 amide bonds. The van der Waals surface area contributed by atoms with Crippen molar-refractivity contribution in [2.75, 3.05) is 19.8 Å². The van der Waals surface area contributed by atoms with Crippen molar-refractivity contribution in [2.45, 2.75) is 101 Å². The summed E-state index contributed by atoms with van der Waals surface area (Å²) in [5.74, 6) is 0. The van der Waals surface area contributed by atoms with Crippen LogP contribution in [0.4, 0.5) is 4.39 Å². The molecule has 0 saturated carbocycles. The van der Waals surface area contributed by atoms with E-state index in [0.29, 0.717) is 12.2 Å². The topological polar surface area (TPSA) is 92.3 Å². The molecule has 2 fully saturated rings. The van der Waals surface area contributed by atoms with Gasteiger partial charge in [0.15, 0.2) is 6.29 Å². The van der Waals surface area contributed by atoms with Crippen LogP contribution in [0, 0.1) is 0 Å². The summed E-state index contributed by atoms with van der Waals surface area (Å²) in [5.41, 5.74) is 6.20. The van der Waals surface area contributed by atoms with Crippen LogP contribution in [0.25, 0.3) is 0 Å². The van der Waals surface area contributed by atoms with Crippen LogP contribution in [-0.4, -0.2) is 74.9 Å². The first-order valence-corrected chi connectivity index (χ1v) is 24.8. The van der Waals surface area contributed by atoms with Gasteiger partial charge in [0, 0.05) is 5.56 Å². The molecule has 0 spiro atoms. The van der Waals surface area contributed by atoms with Gasteiger partial charge in [-0.2, -0.15) is 0 Å². The lowest BCUT2D eigenvalue weighted by molar-refractivity contribution is -0.359. The van der Waals surface area contributed by atoms with Gasteiger partial charge in [-0.1, -0.05) is 212 Å². The van der Waals surface area contributed by atoms with E-state index in [4.69, 9.17) is 47.4 Å². The Morgan fingerprint density at radius 1 is 0.389 bits per heavy atom. The maximum absolute atomic E-state index is 16.0. The average Bonchev–Trinajstić information content (AvgIpc) is 3.44. The molecule has 9 rings (SSSR count). The quantitative estimate of drug-likeness (QED) is 0.0551. The molecule has 0 aliphatic carbocycles. The van der Waals surface area contributed by atoms with E-state index in [9.17, 15) is 0 Å². The van der Waals surface area contributed by atoms with Crippen molar-refractivity contribution in [1.29, 1.82) is 0 Å². The maximum Gasteiger partial charge on any atom is 0.225 e. The largest absolute Gasteiger partial charge is 0.374 e. The Labute approximate surface area is 422 Å². The Kier molecular flexibility index (Phi) is 19.3. The second-order valence-electron chi connectivity index (χ2n) is 18.0. The Balaban J connectivity index is 1.09. The van der Waals surface area contributed by atoms with Crippen LogP contribution in [0.2, 0.25) is 0 Å². The van der Waals surface area contributed by atoms with E-state index in [2.05, 4.69) is 0 Å². The molecule has 0 aromatic heterocycles. The minimum absolute atomic E-state index is 0.121. The summed E-state index contributed by atoms with van der Waals surface area (Å²) in [7, 11) is 0. The second kappa shape index (κ2) is 27.2. The summed E-state index contributed by atoms with van der Waals surface area (Å²) in [4.78, 5) is 0. The Morgan fingerprint density at radius 3 is 1.25 bits per heavy atom. The molecular formula is C61H63FO10. The molecule has 10 nitrogen and oxygen atoms in total. The van der Waals surface area contributed by atoms with Gasteiger partial charge in [0.2, 0.25) is 6.36 Å². The highest BCUT2D eigenvalue weighted by atomic mass is 19.1. The normalized spacial score (nSPS) is 23.6. The zero-order valence-electron chi connectivity index (χ0n) is 40.3. The number of hydrogen-bond acceptors (Lipinski definition) is 10. The molecule has 0 N–H and O–H groups in total. The third kappa shape index (κ3) is 14.8. The van der Waals surface area contributed by atoms with Crippen molar-refractivity contribution in [1.82, 2.24) is 0 Å². The van der Waals surface area contributed by atoms with Crippen molar-refractivity contribution in [3.05, 3.63) is 251 Å². The smallest absolute Gasteiger partial charge is 0.225 e. The van der Waals surface area contributed by atoms with Gasteiger partial charge in [0.25, 0.3) is 0 Å². The van der Waals surface area contributed by atoms with Crippen LogP contribution in [0.3, 0.4) is 0 Å². The van der Waals surface area contributed by atoms with Crippen LogP contribution >= 0.6 is 0 Å². The molecule has 11 heteroatoms. The number of benzene rings is 7. The van der Waals surface area contributed by atoms with Gasteiger partial charge in [-0.3, -0.25) is 0 Å². The molecule has 2 aliphatic heterocycles. The molecular weight excluding hydrogens is 912 g/mol. The molecule has 2 aliphatic rings. The van der Waals surface area contributed by atoms with Gasteiger partial charge in [-0.25, -0.2) is 4.39 Å². The van der Waals surface area contributed by atoms with E-state index in [0.717, 1.165) is 33.4 Å². The van der Waals surface area contributed by atoms with Crippen LogP contribution < -0.4 is 0 Å². The van der Waals surface area contributed by atoms with E-state index in [-0.39, 0.29) is 52.9 Å². The fourth-order valence-electron chi connectivity index (χ4n) is 8.92. The standard InChI is InChI=1S/C61H63FO10/c62-60(51-34-20-7-21-35-51)70-44-53-57(55(66-38-47-26-12-3-13-27-47)52(43-65-53)64-37-46-24-10-2-11-25-46)72-61-59(69-41-50-32-18-6-19-33-50)58(68-40-49-30-16-5-17-31-49)56(67-39-48-28-14-4-15-29-48)54(71-61)42-63-36-45-22-8-1-9-23-45/h1-35,52-61H,36-44H2/t52-,53+,54+,55+,56+,57+,58-,59+,60?,61?/m0/s1. The van der Waals surface area contributed by atoms with Crippen molar-refractivity contribution < 1.29 is 51.8 Å². The number of hydrogen-bond donors (Lipinski definition) is 0. The van der Waals surface area contributed by atoms with Crippen molar-refractivity contribution >= 4 is 0 Å². The number of halogens is 1. The highest BCUT2D eigenvalue weighted by molar-refractivity contribution is 5.19. The molecule has 374 valence electrons. The molecule has 72 heavy (non-hydrogen) atoms. The third-order valence-electron chi connectivity index (χ3n) is 12.7. The fraction of sp³-hybridized carbons (Fsp3) is 0.311. The van der Waals surface area contributed by atoms with E-state index < -0.39 is 61.5 Å². The molecule has 10 atom stereocenters. The first kappa shape index (κ1) is 51.0. The predicted octanol–water partition coefficient (Wildman–Crippen LogP) is 11.3. The van der Waals surface area contributed by atoms with Crippen molar-refractivity contribution in [2.24, 2.45) is 0 Å². The third-order valence-corrected chi connectivity index (χ3v) is 12.7. The second-order valence-corrected chi connectivity index (χ2v) is 18.0. The first-order chi connectivity index (χ1) is 35.6. The Bertz CT molecular complexity index is 2550. The zero-order valence-corrected chi connectivity index (χ0v) is 40.3. The lowest BCUT2D eigenvalue weighted by Crippen LogP contribution is -2.65. The predicted molar refractivity (Wildman–Crippen MR) is 271 cm³/mol. The molecule has 2 saturated heterocycles. The van der Waals surface area contributed by atoms with E-state index in [1.54, 1.807) is 24.3 Å². The minimum atomic E-state index is -1.73. The highest BCUT2D eigenvalue weighted by Gasteiger charge is 2.53. The van der Waals surface area contributed by atoms with Crippen LogP contribution in [-0.2, 0) is 87.0 Å². The summed E-state index contributed by atoms with van der Waals surface area (Å²) < 4.78 is 84.4. The van der Waals surface area contributed by atoms with Crippen LogP contribution in [0.15, 0.2) is 212 Å². The van der Waals surface area contributed by atoms with Gasteiger partial charge in [0.05, 0.1) is 59.5 Å². The maximum atomic E-state index is 16.0.